The van der Waals surface area contributed by atoms with E-state index in [4.69, 9.17) is 11.6 Å². The second-order valence-electron chi connectivity index (χ2n) is 6.87. The lowest BCUT2D eigenvalue weighted by molar-refractivity contribution is 0.0940. The first-order chi connectivity index (χ1) is 13.1. The molecule has 0 spiro atoms. The predicted molar refractivity (Wildman–Crippen MR) is 108 cm³/mol. The first kappa shape index (κ1) is 17.6. The Hall–Kier alpha value is -2.79. The molecule has 138 valence electrons. The normalized spacial score (nSPS) is 16.5. The maximum absolute atomic E-state index is 12.5. The minimum Gasteiger partial charge on any atom is -0.353 e. The van der Waals surface area contributed by atoms with Crippen LogP contribution in [0.4, 0.5) is 5.82 Å². The van der Waals surface area contributed by atoms with Crippen LogP contribution in [0, 0.1) is 6.92 Å². The first-order valence-corrected chi connectivity index (χ1v) is 9.41. The number of hydrogen-bond donors (Lipinski definition) is 2. The van der Waals surface area contributed by atoms with Gasteiger partial charge in [0.15, 0.2) is 5.82 Å². The lowest BCUT2D eigenvalue weighted by Gasteiger charge is -2.16. The number of benzene rings is 2. The number of hydrogen-bond acceptors (Lipinski definition) is 3. The number of halogens is 1. The maximum Gasteiger partial charge on any atom is 0.251 e. The summed E-state index contributed by atoms with van der Waals surface area (Å²) in [6, 6.07) is 17.5. The highest BCUT2D eigenvalue weighted by atomic mass is 35.5. The number of carbonyl (C=O) groups excluding carboxylic acids is 1. The Morgan fingerprint density at radius 2 is 2.00 bits per heavy atom. The molecule has 2 aromatic carbocycles. The average molecular weight is 381 g/mol. The molecule has 0 radical (unpaired) electrons. The molecule has 0 bridgehead atoms. The Morgan fingerprint density at radius 3 is 2.78 bits per heavy atom. The molecule has 1 atom stereocenters. The van der Waals surface area contributed by atoms with Gasteiger partial charge in [0.25, 0.3) is 5.91 Å². The van der Waals surface area contributed by atoms with Crippen LogP contribution >= 0.6 is 11.6 Å². The summed E-state index contributed by atoms with van der Waals surface area (Å²) in [5.74, 6) is 0.886. The standard InChI is InChI=1S/C21H21ClN4O/c1-14-4-2-3-5-18(14)21(27)23-17-10-11-26(13-17)20-12-19(24-25-20)15-6-8-16(22)9-7-15/h2-9,12,17H,10-11,13H2,1H3,(H,23,27)(H,24,25)/t17-/m0/s1. The monoisotopic (exact) mass is 380 g/mol. The molecule has 5 nitrogen and oxygen atoms in total. The van der Waals surface area contributed by atoms with E-state index in [0.29, 0.717) is 5.02 Å². The van der Waals surface area contributed by atoms with Crippen molar-refractivity contribution in [2.75, 3.05) is 18.0 Å². The molecule has 1 fully saturated rings. The fraction of sp³-hybridized carbons (Fsp3) is 0.238. The molecule has 6 heteroatoms. The van der Waals surface area contributed by atoms with Crippen LogP contribution in [0.2, 0.25) is 5.02 Å². The number of rotatable bonds is 4. The van der Waals surface area contributed by atoms with Gasteiger partial charge in [0.1, 0.15) is 0 Å². The van der Waals surface area contributed by atoms with Gasteiger partial charge in [0.05, 0.1) is 5.69 Å². The highest BCUT2D eigenvalue weighted by Gasteiger charge is 2.26. The van der Waals surface area contributed by atoms with Gasteiger partial charge in [-0.2, -0.15) is 5.10 Å². The summed E-state index contributed by atoms with van der Waals surface area (Å²) in [7, 11) is 0. The molecule has 2 heterocycles. The van der Waals surface area contributed by atoms with Crippen molar-refractivity contribution in [3.8, 4) is 11.3 Å². The van der Waals surface area contributed by atoms with Gasteiger partial charge < -0.3 is 10.2 Å². The van der Waals surface area contributed by atoms with Crippen molar-refractivity contribution < 1.29 is 4.79 Å². The zero-order valence-corrected chi connectivity index (χ0v) is 15.8. The largest absolute Gasteiger partial charge is 0.353 e. The summed E-state index contributed by atoms with van der Waals surface area (Å²) in [4.78, 5) is 14.7. The number of amides is 1. The maximum atomic E-state index is 12.5. The highest BCUT2D eigenvalue weighted by molar-refractivity contribution is 6.30. The molecule has 1 amide bonds. The second-order valence-corrected chi connectivity index (χ2v) is 7.30. The summed E-state index contributed by atoms with van der Waals surface area (Å²) < 4.78 is 0. The number of anilines is 1. The third kappa shape index (κ3) is 3.83. The van der Waals surface area contributed by atoms with Gasteiger partial charge >= 0.3 is 0 Å². The van der Waals surface area contributed by atoms with Crippen molar-refractivity contribution in [2.45, 2.75) is 19.4 Å². The van der Waals surface area contributed by atoms with Gasteiger partial charge in [-0.3, -0.25) is 9.89 Å². The second kappa shape index (κ2) is 7.45. The van der Waals surface area contributed by atoms with Crippen LogP contribution in [0.3, 0.4) is 0 Å². The van der Waals surface area contributed by atoms with Gasteiger partial charge in [-0.15, -0.1) is 0 Å². The molecule has 1 saturated heterocycles. The van der Waals surface area contributed by atoms with Crippen LogP contribution in [0.25, 0.3) is 11.3 Å². The number of aryl methyl sites for hydroxylation is 1. The van der Waals surface area contributed by atoms with Gasteiger partial charge in [0, 0.05) is 35.8 Å². The fourth-order valence-electron chi connectivity index (χ4n) is 3.43. The van der Waals surface area contributed by atoms with E-state index in [2.05, 4.69) is 20.4 Å². The molecular formula is C21H21ClN4O. The van der Waals surface area contributed by atoms with Crippen molar-refractivity contribution in [1.82, 2.24) is 15.5 Å². The molecule has 2 N–H and O–H groups in total. The Balaban J connectivity index is 1.40. The van der Waals surface area contributed by atoms with E-state index in [1.54, 1.807) is 0 Å². The summed E-state index contributed by atoms with van der Waals surface area (Å²) in [5, 5.41) is 11.4. The van der Waals surface area contributed by atoms with Gasteiger partial charge in [0.2, 0.25) is 0 Å². The van der Waals surface area contributed by atoms with E-state index in [1.165, 1.54) is 0 Å². The van der Waals surface area contributed by atoms with Crippen LogP contribution in [-0.2, 0) is 0 Å². The van der Waals surface area contributed by atoms with Crippen molar-refractivity contribution in [1.29, 1.82) is 0 Å². The van der Waals surface area contributed by atoms with Crippen LogP contribution in [0.1, 0.15) is 22.3 Å². The van der Waals surface area contributed by atoms with Crippen molar-refractivity contribution in [3.63, 3.8) is 0 Å². The van der Waals surface area contributed by atoms with E-state index in [-0.39, 0.29) is 11.9 Å². The molecule has 0 aliphatic carbocycles. The van der Waals surface area contributed by atoms with Crippen molar-refractivity contribution >= 4 is 23.3 Å². The summed E-state index contributed by atoms with van der Waals surface area (Å²) >= 11 is 5.95. The third-order valence-electron chi connectivity index (χ3n) is 4.96. The fourth-order valence-corrected chi connectivity index (χ4v) is 3.55. The Bertz CT molecular complexity index is 951. The van der Waals surface area contributed by atoms with Gasteiger partial charge in [-0.25, -0.2) is 0 Å². The number of nitrogens with zero attached hydrogens (tertiary/aromatic N) is 2. The Kier molecular flexibility index (Phi) is 4.86. The van der Waals surface area contributed by atoms with E-state index in [9.17, 15) is 4.79 Å². The summed E-state index contributed by atoms with van der Waals surface area (Å²) in [5.41, 5.74) is 3.72. The third-order valence-corrected chi connectivity index (χ3v) is 5.21. The van der Waals surface area contributed by atoms with Crippen molar-refractivity contribution in [3.05, 3.63) is 70.7 Å². The first-order valence-electron chi connectivity index (χ1n) is 9.03. The molecule has 0 unspecified atom stereocenters. The number of carbonyl (C=O) groups is 1. The van der Waals surface area contributed by atoms with E-state index >= 15 is 0 Å². The molecule has 3 aromatic rings. The zero-order valence-electron chi connectivity index (χ0n) is 15.1. The highest BCUT2D eigenvalue weighted by Crippen LogP contribution is 2.25. The molecule has 4 rings (SSSR count). The van der Waals surface area contributed by atoms with Crippen LogP contribution in [-0.4, -0.2) is 35.2 Å². The van der Waals surface area contributed by atoms with E-state index in [0.717, 1.165) is 47.7 Å². The average Bonchev–Trinajstić information content (AvgIpc) is 3.32. The van der Waals surface area contributed by atoms with Crippen LogP contribution < -0.4 is 10.2 Å². The lowest BCUT2D eigenvalue weighted by Crippen LogP contribution is -2.37. The summed E-state index contributed by atoms with van der Waals surface area (Å²) in [6.07, 6.45) is 0.904. The molecule has 0 saturated carbocycles. The Labute approximate surface area is 163 Å². The Morgan fingerprint density at radius 1 is 1.22 bits per heavy atom. The van der Waals surface area contributed by atoms with Crippen molar-refractivity contribution in [2.24, 2.45) is 0 Å². The summed E-state index contributed by atoms with van der Waals surface area (Å²) in [6.45, 7) is 3.57. The minimum atomic E-state index is -0.0103. The minimum absolute atomic E-state index is 0.0103. The SMILES string of the molecule is Cc1ccccc1C(=O)N[C@H]1CCN(c2cc(-c3ccc(Cl)cc3)[nH]n2)C1. The van der Waals surface area contributed by atoms with Gasteiger partial charge in [-0.1, -0.05) is 41.9 Å². The number of aromatic nitrogens is 2. The zero-order chi connectivity index (χ0) is 18.8. The topological polar surface area (TPSA) is 61.0 Å². The lowest BCUT2D eigenvalue weighted by atomic mass is 10.1. The molecule has 27 heavy (non-hydrogen) atoms. The molecule has 1 aliphatic heterocycles. The number of aromatic amines is 1. The quantitative estimate of drug-likeness (QED) is 0.717. The smallest absolute Gasteiger partial charge is 0.251 e. The number of H-pyrrole nitrogens is 1. The molecule has 1 aromatic heterocycles. The van der Waals surface area contributed by atoms with E-state index < -0.39 is 0 Å². The van der Waals surface area contributed by atoms with Crippen LogP contribution in [0.5, 0.6) is 0 Å². The number of nitrogens with one attached hydrogen (secondary N) is 2. The van der Waals surface area contributed by atoms with Gasteiger partial charge in [-0.05, 0) is 42.7 Å². The predicted octanol–water partition coefficient (Wildman–Crippen LogP) is 4.05. The molecule has 1 aliphatic rings. The van der Waals surface area contributed by atoms with Crippen LogP contribution in [0.15, 0.2) is 54.6 Å². The molecular weight excluding hydrogens is 360 g/mol. The van der Waals surface area contributed by atoms with E-state index in [1.807, 2.05) is 61.5 Å².